The second-order valence-corrected chi connectivity index (χ2v) is 13.3. The molecule has 8 heteroatoms. The number of aliphatic hydroxyl groups excluding tert-OH is 1. The molecule has 1 aromatic rings. The molecule has 7 nitrogen and oxygen atoms in total. The number of rotatable bonds is 13. The van der Waals surface area contributed by atoms with Gasteiger partial charge in [-0.15, -0.1) is 24.9 Å². The molecule has 218 valence electrons. The molecule has 3 aliphatic rings. The van der Waals surface area contributed by atoms with Crippen LogP contribution in [-0.4, -0.2) is 91.9 Å². The highest BCUT2D eigenvalue weighted by atomic mass is 32.2. The molecule has 3 saturated heterocycles. The maximum atomic E-state index is 14.6. The third-order valence-electron chi connectivity index (χ3n) is 9.01. The Kier molecular flexibility index (Phi) is 9.51. The molecule has 0 saturated carbocycles. The van der Waals surface area contributed by atoms with Gasteiger partial charge in [0.2, 0.25) is 17.7 Å². The van der Waals surface area contributed by atoms with Crippen molar-refractivity contribution in [1.82, 2.24) is 14.7 Å². The summed E-state index contributed by atoms with van der Waals surface area (Å²) in [4.78, 5) is 48.6. The van der Waals surface area contributed by atoms with Crippen LogP contribution in [0.2, 0.25) is 0 Å². The van der Waals surface area contributed by atoms with Gasteiger partial charge < -0.3 is 19.8 Å². The standard InChI is InChI=1S/C32H45N3O4S/c1-7-15-33(16-8-2)29(37)26-25-18-22(6)32(40-25)27(26)30(38)35(24(20-36)19-23-13-11-10-12-14-23)28(32)31(39)34(17-9-3)21(4)5/h7,9-14,21-22,24-28,36H,1,3,8,15-20H2,2,4-6H3/t22?,24-,25-,26+,27+,28?,32?/m1/s1. The van der Waals surface area contributed by atoms with Gasteiger partial charge in [0.1, 0.15) is 6.04 Å². The Hall–Kier alpha value is -2.58. The molecule has 1 spiro atoms. The zero-order valence-corrected chi connectivity index (χ0v) is 25.2. The predicted molar refractivity (Wildman–Crippen MR) is 161 cm³/mol. The summed E-state index contributed by atoms with van der Waals surface area (Å²) in [5.41, 5.74) is 0.986. The minimum Gasteiger partial charge on any atom is -0.394 e. The minimum atomic E-state index is -0.768. The first-order valence-electron chi connectivity index (χ1n) is 14.6. The van der Waals surface area contributed by atoms with Crippen molar-refractivity contribution in [1.29, 1.82) is 0 Å². The fourth-order valence-corrected chi connectivity index (χ4v) is 9.73. The van der Waals surface area contributed by atoms with Crippen molar-refractivity contribution in [3.05, 3.63) is 61.2 Å². The van der Waals surface area contributed by atoms with E-state index in [0.717, 1.165) is 18.4 Å². The summed E-state index contributed by atoms with van der Waals surface area (Å²) in [5.74, 6) is -1.36. The molecule has 40 heavy (non-hydrogen) atoms. The molecule has 3 amide bonds. The molecule has 3 aliphatic heterocycles. The minimum absolute atomic E-state index is 0.0187. The molecular weight excluding hydrogens is 522 g/mol. The summed E-state index contributed by atoms with van der Waals surface area (Å²) in [6, 6.07) is 8.32. The topological polar surface area (TPSA) is 81.2 Å². The smallest absolute Gasteiger partial charge is 0.247 e. The van der Waals surface area contributed by atoms with E-state index in [1.807, 2.05) is 56.0 Å². The van der Waals surface area contributed by atoms with Crippen LogP contribution in [0.5, 0.6) is 0 Å². The third-order valence-corrected chi connectivity index (χ3v) is 11.1. The Morgan fingerprint density at radius 1 is 1.18 bits per heavy atom. The number of hydrogen-bond donors (Lipinski definition) is 1. The number of thioether (sulfide) groups is 1. The Bertz CT molecular complexity index is 1110. The first kappa shape index (κ1) is 30.4. The lowest BCUT2D eigenvalue weighted by Crippen LogP contribution is -2.60. The highest BCUT2D eigenvalue weighted by molar-refractivity contribution is 8.02. The third kappa shape index (κ3) is 5.02. The van der Waals surface area contributed by atoms with Gasteiger partial charge in [-0.05, 0) is 44.6 Å². The highest BCUT2D eigenvalue weighted by Crippen LogP contribution is 2.69. The lowest BCUT2D eigenvalue weighted by molar-refractivity contribution is -0.147. The molecule has 1 N–H and O–H groups in total. The molecule has 7 atom stereocenters. The first-order chi connectivity index (χ1) is 19.2. The van der Waals surface area contributed by atoms with Crippen LogP contribution in [0.15, 0.2) is 55.6 Å². The van der Waals surface area contributed by atoms with E-state index in [4.69, 9.17) is 0 Å². The number of likely N-dealkylation sites (tertiary alicyclic amines) is 1. The molecule has 1 aromatic carbocycles. The monoisotopic (exact) mass is 567 g/mol. The van der Waals surface area contributed by atoms with E-state index < -0.39 is 28.7 Å². The zero-order valence-electron chi connectivity index (χ0n) is 24.4. The van der Waals surface area contributed by atoms with Crippen molar-refractivity contribution >= 4 is 29.5 Å². The molecule has 3 heterocycles. The molecule has 3 fully saturated rings. The van der Waals surface area contributed by atoms with Crippen molar-refractivity contribution in [3.63, 3.8) is 0 Å². The van der Waals surface area contributed by atoms with Crippen molar-refractivity contribution in [2.45, 2.75) is 75.1 Å². The number of carbonyl (C=O) groups is 3. The molecule has 4 rings (SSSR count). The summed E-state index contributed by atoms with van der Waals surface area (Å²) in [7, 11) is 0. The van der Waals surface area contributed by atoms with E-state index in [1.165, 1.54) is 0 Å². The fraction of sp³-hybridized carbons (Fsp3) is 0.594. The van der Waals surface area contributed by atoms with Gasteiger partial charge in [-0.25, -0.2) is 0 Å². The molecule has 0 radical (unpaired) electrons. The number of fused-ring (bicyclic) bond motifs is 1. The van der Waals surface area contributed by atoms with Crippen LogP contribution in [0.1, 0.15) is 46.1 Å². The zero-order chi connectivity index (χ0) is 29.2. The quantitative estimate of drug-likeness (QED) is 0.367. The average molecular weight is 568 g/mol. The Labute approximate surface area is 243 Å². The SMILES string of the molecule is C=CCN(CCC)C(=O)[C@@H]1[C@H]2C(=O)N([C@@H](CO)Cc3ccccc3)C(C(=O)N(CC=C)C(C)C)C23S[C@@H]1CC3C. The largest absolute Gasteiger partial charge is 0.394 e. The van der Waals surface area contributed by atoms with Gasteiger partial charge in [-0.2, -0.15) is 0 Å². The molecule has 2 bridgehead atoms. The second kappa shape index (κ2) is 12.5. The van der Waals surface area contributed by atoms with Gasteiger partial charge in [-0.3, -0.25) is 14.4 Å². The van der Waals surface area contributed by atoms with E-state index in [0.29, 0.717) is 26.1 Å². The molecule has 3 unspecified atom stereocenters. The van der Waals surface area contributed by atoms with E-state index in [2.05, 4.69) is 20.1 Å². The number of amides is 3. The number of nitrogens with zero attached hydrogens (tertiary/aromatic N) is 3. The first-order valence-corrected chi connectivity index (χ1v) is 15.5. The predicted octanol–water partition coefficient (Wildman–Crippen LogP) is 3.77. The summed E-state index contributed by atoms with van der Waals surface area (Å²) in [5, 5.41) is 10.7. The normalized spacial score (nSPS) is 29.4. The van der Waals surface area contributed by atoms with E-state index >= 15 is 0 Å². The van der Waals surface area contributed by atoms with E-state index in [-0.39, 0.29) is 41.5 Å². The van der Waals surface area contributed by atoms with Gasteiger partial charge >= 0.3 is 0 Å². The number of carbonyl (C=O) groups excluding carboxylic acids is 3. The van der Waals surface area contributed by atoms with Gasteiger partial charge in [0, 0.05) is 30.9 Å². The van der Waals surface area contributed by atoms with Crippen LogP contribution >= 0.6 is 11.8 Å². The molecule has 0 aromatic heterocycles. The van der Waals surface area contributed by atoms with Crippen LogP contribution in [0.4, 0.5) is 0 Å². The van der Waals surface area contributed by atoms with Crippen molar-refractivity contribution in [2.75, 3.05) is 26.2 Å². The van der Waals surface area contributed by atoms with Gasteiger partial charge in [0.15, 0.2) is 0 Å². The van der Waals surface area contributed by atoms with Crippen LogP contribution < -0.4 is 0 Å². The van der Waals surface area contributed by atoms with Crippen LogP contribution in [0.3, 0.4) is 0 Å². The lowest BCUT2D eigenvalue weighted by Gasteiger charge is -2.43. The maximum Gasteiger partial charge on any atom is 0.247 e. The number of hydrogen-bond acceptors (Lipinski definition) is 5. The van der Waals surface area contributed by atoms with E-state index in [9.17, 15) is 19.5 Å². The highest BCUT2D eigenvalue weighted by Gasteiger charge is 2.77. The summed E-state index contributed by atoms with van der Waals surface area (Å²) in [6.45, 7) is 17.0. The Morgan fingerprint density at radius 2 is 1.85 bits per heavy atom. The maximum absolute atomic E-state index is 14.6. The Balaban J connectivity index is 1.83. The summed E-state index contributed by atoms with van der Waals surface area (Å²) < 4.78 is -0.732. The average Bonchev–Trinajstić information content (AvgIpc) is 3.53. The summed E-state index contributed by atoms with van der Waals surface area (Å²) in [6.07, 6.45) is 5.47. The van der Waals surface area contributed by atoms with Gasteiger partial charge in [0.25, 0.3) is 0 Å². The fourth-order valence-electron chi connectivity index (χ4n) is 7.33. The lowest BCUT2D eigenvalue weighted by atomic mass is 9.65. The van der Waals surface area contributed by atoms with Crippen LogP contribution in [0, 0.1) is 17.8 Å². The Morgan fingerprint density at radius 3 is 2.42 bits per heavy atom. The number of aliphatic hydroxyl groups is 1. The van der Waals surface area contributed by atoms with Crippen LogP contribution in [-0.2, 0) is 20.8 Å². The summed E-state index contributed by atoms with van der Waals surface area (Å²) >= 11 is 1.68. The van der Waals surface area contributed by atoms with Crippen molar-refractivity contribution in [2.24, 2.45) is 17.8 Å². The molecule has 0 aliphatic carbocycles. The van der Waals surface area contributed by atoms with Crippen LogP contribution in [0.25, 0.3) is 0 Å². The van der Waals surface area contributed by atoms with Gasteiger partial charge in [-0.1, -0.05) is 56.3 Å². The van der Waals surface area contributed by atoms with Crippen molar-refractivity contribution in [3.8, 4) is 0 Å². The van der Waals surface area contributed by atoms with Crippen molar-refractivity contribution < 1.29 is 19.5 Å². The molecular formula is C32H45N3O4S. The second-order valence-electron chi connectivity index (χ2n) is 11.8. The van der Waals surface area contributed by atoms with E-state index in [1.54, 1.807) is 33.7 Å². The number of benzene rings is 1. The van der Waals surface area contributed by atoms with Gasteiger partial charge in [0.05, 0.1) is 29.2 Å².